The van der Waals surface area contributed by atoms with Crippen LogP contribution in [0.1, 0.15) is 15.2 Å². The molecular weight excluding hydrogens is 339 g/mol. The maximum atomic E-state index is 13.5. The Balaban J connectivity index is 2.08. The maximum Gasteiger partial charge on any atom is 0.254 e. The van der Waals surface area contributed by atoms with Crippen molar-refractivity contribution in [3.05, 3.63) is 51.6 Å². The van der Waals surface area contributed by atoms with Crippen LogP contribution >= 0.6 is 22.9 Å². The summed E-state index contributed by atoms with van der Waals surface area (Å²) in [5.41, 5.74) is -0.175. The highest BCUT2D eigenvalue weighted by Crippen LogP contribution is 2.20. The van der Waals surface area contributed by atoms with E-state index in [2.05, 4.69) is 5.32 Å². The predicted molar refractivity (Wildman–Crippen MR) is 78.3 cm³/mol. The smallest absolute Gasteiger partial charge is 0.254 e. The van der Waals surface area contributed by atoms with Gasteiger partial charge in [-0.25, -0.2) is 17.9 Å². The largest absolute Gasteiger partial charge is 0.347 e. The van der Waals surface area contributed by atoms with Crippen LogP contribution in [0.3, 0.4) is 0 Å². The number of rotatable bonds is 4. The first-order valence-corrected chi connectivity index (χ1v) is 8.36. The van der Waals surface area contributed by atoms with Crippen molar-refractivity contribution in [3.63, 3.8) is 0 Å². The molecule has 1 aromatic heterocycles. The molecule has 0 fully saturated rings. The van der Waals surface area contributed by atoms with Crippen LogP contribution in [-0.4, -0.2) is 14.3 Å². The normalized spacial score (nSPS) is 11.4. The molecule has 21 heavy (non-hydrogen) atoms. The van der Waals surface area contributed by atoms with Crippen molar-refractivity contribution in [2.75, 3.05) is 0 Å². The van der Waals surface area contributed by atoms with Crippen LogP contribution in [0.25, 0.3) is 0 Å². The van der Waals surface area contributed by atoms with E-state index in [0.29, 0.717) is 4.88 Å². The van der Waals surface area contributed by atoms with Gasteiger partial charge in [0.05, 0.1) is 12.1 Å². The minimum Gasteiger partial charge on any atom is -0.347 e. The topological polar surface area (TPSA) is 89.3 Å². The average Bonchev–Trinajstić information content (AvgIpc) is 2.87. The first kappa shape index (κ1) is 15.9. The number of carbonyl (C=O) groups excluding carboxylic acids is 1. The number of primary sulfonamides is 1. The summed E-state index contributed by atoms with van der Waals surface area (Å²) in [6.07, 6.45) is 0. The van der Waals surface area contributed by atoms with Crippen molar-refractivity contribution in [2.24, 2.45) is 5.14 Å². The number of amides is 1. The Labute approximate surface area is 129 Å². The van der Waals surface area contributed by atoms with Crippen LogP contribution in [0.15, 0.2) is 34.5 Å². The third-order valence-corrected chi connectivity index (χ3v) is 5.27. The Morgan fingerprint density at radius 3 is 2.67 bits per heavy atom. The summed E-state index contributed by atoms with van der Waals surface area (Å²) in [6.45, 7) is 0.0605. The fourth-order valence-corrected chi connectivity index (χ4v) is 3.43. The SMILES string of the molecule is NS(=O)(=O)c1ccc(CNC(=O)c2cc(Cl)ccc2F)s1. The molecular formula is C12H10ClFN2O3S2. The minimum absolute atomic E-state index is 0.000634. The number of halogens is 2. The van der Waals surface area contributed by atoms with Crippen molar-refractivity contribution in [1.82, 2.24) is 5.32 Å². The van der Waals surface area contributed by atoms with Crippen LogP contribution in [0.4, 0.5) is 4.39 Å². The van der Waals surface area contributed by atoms with Gasteiger partial charge in [0.25, 0.3) is 5.91 Å². The maximum absolute atomic E-state index is 13.5. The first-order chi connectivity index (χ1) is 9.77. The molecule has 5 nitrogen and oxygen atoms in total. The predicted octanol–water partition coefficient (Wildman–Crippen LogP) is 2.12. The molecule has 0 aliphatic rings. The van der Waals surface area contributed by atoms with Crippen LogP contribution in [0.2, 0.25) is 5.02 Å². The Morgan fingerprint density at radius 2 is 2.05 bits per heavy atom. The summed E-state index contributed by atoms with van der Waals surface area (Å²) in [5, 5.41) is 7.71. The lowest BCUT2D eigenvalue weighted by molar-refractivity contribution is 0.0947. The first-order valence-electron chi connectivity index (χ1n) is 5.62. The molecule has 112 valence electrons. The second-order valence-electron chi connectivity index (χ2n) is 4.07. The number of nitrogens with two attached hydrogens (primary N) is 1. The van der Waals surface area contributed by atoms with Gasteiger partial charge in [-0.2, -0.15) is 0 Å². The number of thiophene rings is 1. The second kappa shape index (κ2) is 6.10. The number of hydrogen-bond acceptors (Lipinski definition) is 4. The quantitative estimate of drug-likeness (QED) is 0.886. The number of benzene rings is 1. The van der Waals surface area contributed by atoms with Crippen molar-refractivity contribution in [2.45, 2.75) is 10.8 Å². The summed E-state index contributed by atoms with van der Waals surface area (Å²) in [4.78, 5) is 12.4. The molecule has 0 saturated carbocycles. The van der Waals surface area contributed by atoms with Crippen molar-refractivity contribution >= 4 is 38.9 Å². The lowest BCUT2D eigenvalue weighted by Gasteiger charge is -2.05. The molecule has 2 rings (SSSR count). The molecule has 1 amide bonds. The van der Waals surface area contributed by atoms with Crippen molar-refractivity contribution in [1.29, 1.82) is 0 Å². The van der Waals surface area contributed by atoms with Crippen LogP contribution in [0, 0.1) is 5.82 Å². The third-order valence-electron chi connectivity index (χ3n) is 2.51. The highest BCUT2D eigenvalue weighted by atomic mass is 35.5. The van der Waals surface area contributed by atoms with Gasteiger partial charge in [-0.15, -0.1) is 11.3 Å². The van der Waals surface area contributed by atoms with E-state index in [-0.39, 0.29) is 21.3 Å². The number of sulfonamides is 1. The Hall–Kier alpha value is -1.48. The Morgan fingerprint density at radius 1 is 1.33 bits per heavy atom. The fraction of sp³-hybridized carbons (Fsp3) is 0.0833. The van der Waals surface area contributed by atoms with E-state index in [1.165, 1.54) is 24.3 Å². The molecule has 0 spiro atoms. The molecule has 9 heteroatoms. The second-order valence-corrected chi connectivity index (χ2v) is 7.47. The highest BCUT2D eigenvalue weighted by molar-refractivity contribution is 7.91. The zero-order chi connectivity index (χ0) is 15.6. The van der Waals surface area contributed by atoms with E-state index in [4.69, 9.17) is 16.7 Å². The van der Waals surface area contributed by atoms with Crippen LogP contribution in [-0.2, 0) is 16.6 Å². The lowest BCUT2D eigenvalue weighted by Crippen LogP contribution is -2.23. The van der Waals surface area contributed by atoms with Crippen LogP contribution < -0.4 is 10.5 Å². The molecule has 0 unspecified atom stereocenters. The summed E-state index contributed by atoms with van der Waals surface area (Å²) >= 11 is 6.64. The van der Waals surface area contributed by atoms with Crippen molar-refractivity contribution < 1.29 is 17.6 Å². The van der Waals surface area contributed by atoms with Gasteiger partial charge in [0.2, 0.25) is 10.0 Å². The van der Waals surface area contributed by atoms with E-state index in [9.17, 15) is 17.6 Å². The van der Waals surface area contributed by atoms with E-state index in [0.717, 1.165) is 17.4 Å². The van der Waals surface area contributed by atoms with Crippen molar-refractivity contribution in [3.8, 4) is 0 Å². The van der Waals surface area contributed by atoms with E-state index in [1.54, 1.807) is 0 Å². The third kappa shape index (κ3) is 4.01. The Bertz CT molecular complexity index is 790. The Kier molecular flexibility index (Phi) is 4.62. The number of carbonyl (C=O) groups is 1. The van der Waals surface area contributed by atoms with Gasteiger partial charge in [-0.1, -0.05) is 11.6 Å². The molecule has 0 radical (unpaired) electrons. The van der Waals surface area contributed by atoms with Gasteiger partial charge >= 0.3 is 0 Å². The fourth-order valence-electron chi connectivity index (χ4n) is 1.54. The lowest BCUT2D eigenvalue weighted by atomic mass is 10.2. The summed E-state index contributed by atoms with van der Waals surface area (Å²) in [6, 6.07) is 6.53. The van der Waals surface area contributed by atoms with E-state index < -0.39 is 21.7 Å². The molecule has 1 heterocycles. The highest BCUT2D eigenvalue weighted by Gasteiger charge is 2.14. The molecule has 3 N–H and O–H groups in total. The van der Waals surface area contributed by atoms with Crippen LogP contribution in [0.5, 0.6) is 0 Å². The zero-order valence-electron chi connectivity index (χ0n) is 10.5. The van der Waals surface area contributed by atoms with Gasteiger partial charge in [-0.3, -0.25) is 4.79 Å². The molecule has 0 aliphatic carbocycles. The molecule has 0 saturated heterocycles. The van der Waals surface area contributed by atoms with Gasteiger partial charge in [0.1, 0.15) is 10.0 Å². The minimum atomic E-state index is -3.76. The summed E-state index contributed by atoms with van der Waals surface area (Å²) < 4.78 is 35.7. The molecule has 0 atom stereocenters. The average molecular weight is 349 g/mol. The molecule has 0 bridgehead atoms. The molecule has 0 aliphatic heterocycles. The number of nitrogens with one attached hydrogen (secondary N) is 1. The van der Waals surface area contributed by atoms with Gasteiger partial charge in [0.15, 0.2) is 0 Å². The van der Waals surface area contributed by atoms with Gasteiger partial charge in [0, 0.05) is 9.90 Å². The van der Waals surface area contributed by atoms with E-state index in [1.807, 2.05) is 0 Å². The van der Waals surface area contributed by atoms with E-state index >= 15 is 0 Å². The monoisotopic (exact) mass is 348 g/mol. The molecule has 1 aromatic carbocycles. The molecule has 2 aromatic rings. The van der Waals surface area contributed by atoms with Gasteiger partial charge < -0.3 is 5.32 Å². The summed E-state index contributed by atoms with van der Waals surface area (Å²) in [5.74, 6) is -1.33. The standard InChI is InChI=1S/C12H10ClFN2O3S2/c13-7-1-3-10(14)9(5-7)12(17)16-6-8-2-4-11(20-8)21(15,18)19/h1-5H,6H2,(H,16,17)(H2,15,18,19). The summed E-state index contributed by atoms with van der Waals surface area (Å²) in [7, 11) is -3.76. The zero-order valence-corrected chi connectivity index (χ0v) is 12.9. The number of hydrogen-bond donors (Lipinski definition) is 2. The van der Waals surface area contributed by atoms with Gasteiger partial charge in [-0.05, 0) is 30.3 Å².